The van der Waals surface area contributed by atoms with Gasteiger partial charge in [-0.2, -0.15) is 0 Å². The molecule has 0 bridgehead atoms. The Kier molecular flexibility index (Phi) is 5.85. The van der Waals surface area contributed by atoms with Crippen LogP contribution in [0.4, 0.5) is 0 Å². The fraction of sp³-hybridized carbons (Fsp3) is 0.421. The fourth-order valence-corrected chi connectivity index (χ4v) is 4.61. The maximum atomic E-state index is 12.2. The number of halogens is 1. The molecule has 0 amide bonds. The van der Waals surface area contributed by atoms with E-state index in [-0.39, 0.29) is 10.8 Å². The van der Waals surface area contributed by atoms with Gasteiger partial charge in [0.05, 0.1) is 22.7 Å². The van der Waals surface area contributed by atoms with E-state index in [0.29, 0.717) is 10.7 Å². The molecule has 0 spiro atoms. The van der Waals surface area contributed by atoms with Gasteiger partial charge in [0.1, 0.15) is 5.75 Å². The van der Waals surface area contributed by atoms with E-state index in [1.165, 1.54) is 24.1 Å². The number of rotatable bonds is 5. The third-order valence-electron chi connectivity index (χ3n) is 4.71. The van der Waals surface area contributed by atoms with Crippen LogP contribution in [0.25, 0.3) is 0 Å². The van der Waals surface area contributed by atoms with Gasteiger partial charge in [0.15, 0.2) is 9.84 Å². The number of hydrogen-bond acceptors (Lipinski definition) is 5. The second-order valence-electron chi connectivity index (χ2n) is 6.73. The van der Waals surface area contributed by atoms with Gasteiger partial charge in [0.2, 0.25) is 0 Å². The third-order valence-corrected chi connectivity index (χ3v) is 6.04. The first-order chi connectivity index (χ1) is 12.4. The number of piperidine rings is 1. The summed E-state index contributed by atoms with van der Waals surface area (Å²) in [7, 11) is -1.71. The van der Waals surface area contributed by atoms with Crippen LogP contribution < -0.4 is 4.74 Å². The lowest BCUT2D eigenvalue weighted by Crippen LogP contribution is -2.34. The highest BCUT2D eigenvalue weighted by Crippen LogP contribution is 2.32. The Labute approximate surface area is 159 Å². The number of aromatic nitrogens is 1. The highest BCUT2D eigenvalue weighted by Gasteiger charge is 2.27. The summed E-state index contributed by atoms with van der Waals surface area (Å²) < 4.78 is 29.5. The lowest BCUT2D eigenvalue weighted by Gasteiger charge is -2.33. The van der Waals surface area contributed by atoms with Crippen LogP contribution in [0.3, 0.4) is 0 Å². The summed E-state index contributed by atoms with van der Waals surface area (Å²) in [4.78, 5) is 6.97. The summed E-state index contributed by atoms with van der Waals surface area (Å²) in [6.45, 7) is 2.59. The third kappa shape index (κ3) is 4.55. The Bertz CT molecular complexity index is 869. The summed E-state index contributed by atoms with van der Waals surface area (Å²) in [6, 6.07) is 9.55. The lowest BCUT2D eigenvalue weighted by molar-refractivity contribution is 0.197. The molecule has 0 radical (unpaired) electrons. The summed E-state index contributed by atoms with van der Waals surface area (Å²) >= 11 is 5.97. The number of nitrogens with zero attached hydrogens (tertiary/aromatic N) is 2. The number of pyridine rings is 1. The Balaban J connectivity index is 1.78. The van der Waals surface area contributed by atoms with E-state index in [1.54, 1.807) is 7.11 Å². The van der Waals surface area contributed by atoms with E-state index in [2.05, 4.69) is 22.0 Å². The Morgan fingerprint density at radius 3 is 2.69 bits per heavy atom. The second kappa shape index (κ2) is 7.94. The number of likely N-dealkylation sites (tertiary alicyclic amines) is 1. The standard InChI is InChI=1S/C19H23ClN2O3S/c1-25-17-7-5-14(6-8-17)12-22-9-3-4-15(13-22)19-18(26(2,23)24)10-16(20)11-21-19/h5-8,10-11,15H,3-4,9,12-13H2,1-2H3/t15-/m1/s1. The van der Waals surface area contributed by atoms with Crippen LogP contribution in [0.1, 0.15) is 30.0 Å². The van der Waals surface area contributed by atoms with Crippen molar-refractivity contribution in [3.63, 3.8) is 0 Å². The predicted molar refractivity (Wildman–Crippen MR) is 103 cm³/mol. The zero-order chi connectivity index (χ0) is 18.7. The Morgan fingerprint density at radius 2 is 2.04 bits per heavy atom. The first-order valence-corrected chi connectivity index (χ1v) is 10.8. The summed E-state index contributed by atoms with van der Waals surface area (Å²) in [5.41, 5.74) is 1.84. The van der Waals surface area contributed by atoms with E-state index in [1.807, 2.05) is 12.1 Å². The monoisotopic (exact) mass is 394 g/mol. The van der Waals surface area contributed by atoms with Gasteiger partial charge in [-0.1, -0.05) is 23.7 Å². The van der Waals surface area contributed by atoms with Crippen LogP contribution in [0.15, 0.2) is 41.4 Å². The van der Waals surface area contributed by atoms with Gasteiger partial charge in [-0.05, 0) is 43.1 Å². The van der Waals surface area contributed by atoms with Crippen molar-refractivity contribution in [3.8, 4) is 5.75 Å². The molecule has 140 valence electrons. The molecule has 1 aliphatic rings. The number of methoxy groups -OCH3 is 1. The van der Waals surface area contributed by atoms with Crippen molar-refractivity contribution in [1.82, 2.24) is 9.88 Å². The first-order valence-electron chi connectivity index (χ1n) is 8.57. The zero-order valence-electron chi connectivity index (χ0n) is 15.0. The first kappa shape index (κ1) is 19.1. The minimum Gasteiger partial charge on any atom is -0.497 e. The zero-order valence-corrected chi connectivity index (χ0v) is 16.6. The van der Waals surface area contributed by atoms with Gasteiger partial charge in [0, 0.05) is 31.5 Å². The number of sulfone groups is 1. The van der Waals surface area contributed by atoms with E-state index in [0.717, 1.165) is 38.2 Å². The average Bonchev–Trinajstić information content (AvgIpc) is 2.62. The van der Waals surface area contributed by atoms with Crippen molar-refractivity contribution in [2.45, 2.75) is 30.2 Å². The molecule has 1 aliphatic heterocycles. The summed E-state index contributed by atoms with van der Waals surface area (Å²) in [5, 5.41) is 0.347. The van der Waals surface area contributed by atoms with E-state index in [4.69, 9.17) is 16.3 Å². The quantitative estimate of drug-likeness (QED) is 0.776. The van der Waals surface area contributed by atoms with Crippen LogP contribution in [0.2, 0.25) is 5.02 Å². The normalized spacial score (nSPS) is 18.7. The summed E-state index contributed by atoms with van der Waals surface area (Å²) in [5.74, 6) is 0.928. The average molecular weight is 395 g/mol. The Morgan fingerprint density at radius 1 is 1.31 bits per heavy atom. The van der Waals surface area contributed by atoms with Gasteiger partial charge in [-0.3, -0.25) is 9.88 Å². The lowest BCUT2D eigenvalue weighted by atomic mass is 9.94. The van der Waals surface area contributed by atoms with Crippen molar-refractivity contribution in [2.75, 3.05) is 26.5 Å². The maximum Gasteiger partial charge on any atom is 0.177 e. The predicted octanol–water partition coefficient (Wildman–Crippen LogP) is 3.53. The number of ether oxygens (including phenoxy) is 1. The molecule has 2 heterocycles. The maximum absolute atomic E-state index is 12.2. The minimum atomic E-state index is -3.37. The van der Waals surface area contributed by atoms with Gasteiger partial charge < -0.3 is 4.74 Å². The Hall–Kier alpha value is -1.63. The molecule has 5 nitrogen and oxygen atoms in total. The van der Waals surface area contributed by atoms with Crippen molar-refractivity contribution < 1.29 is 13.2 Å². The van der Waals surface area contributed by atoms with Gasteiger partial charge in [0.25, 0.3) is 0 Å². The van der Waals surface area contributed by atoms with E-state index >= 15 is 0 Å². The fourth-order valence-electron chi connectivity index (χ4n) is 3.45. The highest BCUT2D eigenvalue weighted by molar-refractivity contribution is 7.90. The molecule has 26 heavy (non-hydrogen) atoms. The molecule has 0 N–H and O–H groups in total. The largest absolute Gasteiger partial charge is 0.497 e. The van der Waals surface area contributed by atoms with Crippen molar-refractivity contribution >= 4 is 21.4 Å². The molecule has 1 aromatic heterocycles. The van der Waals surface area contributed by atoms with Crippen LogP contribution >= 0.6 is 11.6 Å². The second-order valence-corrected chi connectivity index (χ2v) is 9.15. The number of benzene rings is 1. The van der Waals surface area contributed by atoms with Crippen LogP contribution in [0.5, 0.6) is 5.75 Å². The molecule has 1 saturated heterocycles. The van der Waals surface area contributed by atoms with Crippen LogP contribution in [-0.4, -0.2) is 44.8 Å². The molecule has 0 aliphatic carbocycles. The van der Waals surface area contributed by atoms with Crippen molar-refractivity contribution in [1.29, 1.82) is 0 Å². The van der Waals surface area contributed by atoms with Crippen molar-refractivity contribution in [3.05, 3.63) is 52.8 Å². The summed E-state index contributed by atoms with van der Waals surface area (Å²) in [6.07, 6.45) is 4.68. The SMILES string of the molecule is COc1ccc(CN2CCC[C@@H](c3ncc(Cl)cc3S(C)(=O)=O)C2)cc1. The molecule has 0 saturated carbocycles. The molecule has 3 rings (SSSR count). The van der Waals surface area contributed by atoms with E-state index in [9.17, 15) is 8.42 Å². The molecule has 1 aromatic carbocycles. The molecular formula is C19H23ClN2O3S. The molecule has 2 aromatic rings. The van der Waals surface area contributed by atoms with Gasteiger partial charge in [-0.25, -0.2) is 8.42 Å². The van der Waals surface area contributed by atoms with Gasteiger partial charge in [-0.15, -0.1) is 0 Å². The molecule has 0 unspecified atom stereocenters. The van der Waals surface area contributed by atoms with Gasteiger partial charge >= 0.3 is 0 Å². The topological polar surface area (TPSA) is 59.5 Å². The molecule has 1 atom stereocenters. The van der Waals surface area contributed by atoms with E-state index < -0.39 is 9.84 Å². The van der Waals surface area contributed by atoms with Crippen molar-refractivity contribution in [2.24, 2.45) is 0 Å². The molecule has 7 heteroatoms. The number of hydrogen-bond donors (Lipinski definition) is 0. The van der Waals surface area contributed by atoms with Crippen LogP contribution in [-0.2, 0) is 16.4 Å². The smallest absolute Gasteiger partial charge is 0.177 e. The van der Waals surface area contributed by atoms with Crippen LogP contribution in [0, 0.1) is 0 Å². The molecule has 1 fully saturated rings. The minimum absolute atomic E-state index is 0.0870. The molecular weight excluding hydrogens is 372 g/mol. The highest BCUT2D eigenvalue weighted by atomic mass is 35.5.